The van der Waals surface area contributed by atoms with Gasteiger partial charge in [0.05, 0.1) is 11.7 Å². The van der Waals surface area contributed by atoms with Crippen molar-refractivity contribution in [1.29, 1.82) is 0 Å². The molecule has 0 spiro atoms. The smallest absolute Gasteiger partial charge is 0.106 e. The first-order chi connectivity index (χ1) is 11.7. The lowest BCUT2D eigenvalue weighted by Gasteiger charge is -2.20. The molecule has 0 radical (unpaired) electrons. The molecule has 0 aromatic carbocycles. The molecule has 128 valence electrons. The highest BCUT2D eigenvalue weighted by Crippen LogP contribution is 2.34. The van der Waals surface area contributed by atoms with E-state index < -0.39 is 0 Å². The zero-order valence-corrected chi connectivity index (χ0v) is 18.0. The van der Waals surface area contributed by atoms with Gasteiger partial charge >= 0.3 is 0 Å². The predicted octanol–water partition coefficient (Wildman–Crippen LogP) is 5.89. The fraction of sp³-hybridized carbons (Fsp3) is 0.375. The van der Waals surface area contributed by atoms with E-state index in [2.05, 4.69) is 88.3 Å². The van der Waals surface area contributed by atoms with Crippen LogP contribution in [-0.4, -0.2) is 27.3 Å². The lowest BCUT2D eigenvalue weighted by atomic mass is 10.2. The lowest BCUT2D eigenvalue weighted by Crippen LogP contribution is -2.17. The van der Waals surface area contributed by atoms with Crippen molar-refractivity contribution in [3.63, 3.8) is 0 Å². The van der Waals surface area contributed by atoms with Gasteiger partial charge in [-0.3, -0.25) is 10.0 Å². The first-order valence-corrected chi connectivity index (χ1v) is 11.1. The lowest BCUT2D eigenvalue weighted by molar-refractivity contribution is 0.250. The molecular weight excluding hydrogens is 472 g/mol. The molecule has 4 nitrogen and oxygen atoms in total. The number of hydrogen-bond donors (Lipinski definition) is 0. The SMILES string of the molecule is BrC1=NN(c2ccsc2)CC1.CCN1N=C(Br)CC1c1cccs1. The minimum absolute atomic E-state index is 0.458. The van der Waals surface area contributed by atoms with Crippen molar-refractivity contribution in [3.05, 3.63) is 39.2 Å². The quantitative estimate of drug-likeness (QED) is 0.538. The van der Waals surface area contributed by atoms with Gasteiger partial charge in [0.15, 0.2) is 0 Å². The average molecular weight is 490 g/mol. The Morgan fingerprint density at radius 2 is 2.08 bits per heavy atom. The van der Waals surface area contributed by atoms with Crippen molar-refractivity contribution < 1.29 is 0 Å². The third-order valence-corrected chi connectivity index (χ3v) is 6.40. The molecule has 2 aliphatic rings. The van der Waals surface area contributed by atoms with Crippen molar-refractivity contribution >= 4 is 69.5 Å². The second-order valence-electron chi connectivity index (χ2n) is 5.30. The molecule has 0 fully saturated rings. The van der Waals surface area contributed by atoms with Crippen molar-refractivity contribution in [2.24, 2.45) is 10.2 Å². The summed E-state index contributed by atoms with van der Waals surface area (Å²) in [6, 6.07) is 6.82. The van der Waals surface area contributed by atoms with E-state index in [9.17, 15) is 0 Å². The summed E-state index contributed by atoms with van der Waals surface area (Å²) < 4.78 is 2.11. The number of hydrogen-bond acceptors (Lipinski definition) is 6. The summed E-state index contributed by atoms with van der Waals surface area (Å²) in [5.41, 5.74) is 1.20. The molecule has 0 N–H and O–H groups in total. The van der Waals surface area contributed by atoms with Crippen molar-refractivity contribution in [2.45, 2.75) is 25.8 Å². The highest BCUT2D eigenvalue weighted by Gasteiger charge is 2.26. The number of halogens is 2. The van der Waals surface area contributed by atoms with Crippen LogP contribution in [0.3, 0.4) is 0 Å². The second-order valence-corrected chi connectivity index (χ2v) is 8.89. The Bertz CT molecular complexity index is 698. The molecule has 2 aromatic rings. The highest BCUT2D eigenvalue weighted by molar-refractivity contribution is 9.18. The van der Waals surface area contributed by atoms with E-state index >= 15 is 0 Å². The Morgan fingerprint density at radius 3 is 2.67 bits per heavy atom. The fourth-order valence-electron chi connectivity index (χ4n) is 2.55. The normalized spacial score (nSPS) is 19.9. The standard InChI is InChI=1S/C9H11BrN2S.C7H7BrN2S/c1-2-12-7(6-9(10)11-12)8-4-3-5-13-8;8-7-1-3-10(9-7)6-2-4-11-5-6/h3-5,7H,2,6H2,1H3;2,4-5H,1,3H2. The molecule has 0 aliphatic carbocycles. The topological polar surface area (TPSA) is 31.2 Å². The van der Waals surface area contributed by atoms with Gasteiger partial charge in [0, 0.05) is 36.2 Å². The van der Waals surface area contributed by atoms with Crippen LogP contribution in [0, 0.1) is 0 Å². The van der Waals surface area contributed by atoms with E-state index in [-0.39, 0.29) is 0 Å². The molecule has 4 heterocycles. The van der Waals surface area contributed by atoms with Gasteiger partial charge in [-0.2, -0.15) is 21.5 Å². The van der Waals surface area contributed by atoms with Crippen LogP contribution in [0.2, 0.25) is 0 Å². The minimum atomic E-state index is 0.458. The largest absolute Gasteiger partial charge is 0.288 e. The Labute approximate surface area is 167 Å². The maximum Gasteiger partial charge on any atom is 0.106 e. The minimum Gasteiger partial charge on any atom is -0.288 e. The van der Waals surface area contributed by atoms with Gasteiger partial charge in [0.25, 0.3) is 0 Å². The molecule has 1 unspecified atom stereocenters. The fourth-order valence-corrected chi connectivity index (χ4v) is 4.90. The molecular formula is C16H18Br2N4S2. The zero-order valence-electron chi connectivity index (χ0n) is 13.2. The summed E-state index contributed by atoms with van der Waals surface area (Å²) in [4.78, 5) is 1.40. The van der Waals surface area contributed by atoms with Crippen molar-refractivity contribution in [1.82, 2.24) is 5.01 Å². The molecule has 0 saturated heterocycles. The molecule has 0 amide bonds. The van der Waals surface area contributed by atoms with Crippen LogP contribution in [0.1, 0.15) is 30.7 Å². The summed E-state index contributed by atoms with van der Waals surface area (Å²) >= 11 is 10.3. The van der Waals surface area contributed by atoms with Gasteiger partial charge < -0.3 is 0 Å². The maximum absolute atomic E-state index is 4.42. The van der Waals surface area contributed by atoms with Crippen LogP contribution >= 0.6 is 54.5 Å². The van der Waals surface area contributed by atoms with E-state index in [4.69, 9.17) is 0 Å². The highest BCUT2D eigenvalue weighted by atomic mass is 79.9. The molecule has 4 rings (SSSR count). The van der Waals surface area contributed by atoms with E-state index in [1.807, 2.05) is 5.01 Å². The van der Waals surface area contributed by atoms with Crippen molar-refractivity contribution in [3.8, 4) is 0 Å². The molecule has 2 aliphatic heterocycles. The molecule has 1 atom stereocenters. The Kier molecular flexibility index (Phi) is 6.49. The molecule has 0 saturated carbocycles. The van der Waals surface area contributed by atoms with Crippen LogP contribution < -0.4 is 5.01 Å². The van der Waals surface area contributed by atoms with Crippen LogP contribution in [0.5, 0.6) is 0 Å². The Hall–Kier alpha value is -0.700. The number of thiophene rings is 2. The summed E-state index contributed by atoms with van der Waals surface area (Å²) in [6.07, 6.45) is 2.03. The monoisotopic (exact) mass is 488 g/mol. The number of hydrazone groups is 2. The van der Waals surface area contributed by atoms with Crippen LogP contribution in [0.4, 0.5) is 5.69 Å². The van der Waals surface area contributed by atoms with Gasteiger partial charge in [-0.25, -0.2) is 0 Å². The van der Waals surface area contributed by atoms with Gasteiger partial charge in [-0.15, -0.1) is 11.3 Å². The van der Waals surface area contributed by atoms with Gasteiger partial charge in [-0.05, 0) is 61.7 Å². The zero-order chi connectivity index (χ0) is 16.9. The summed E-state index contributed by atoms with van der Waals surface area (Å²) in [5.74, 6) is 0. The second kappa shape index (κ2) is 8.60. The third-order valence-electron chi connectivity index (χ3n) is 3.72. The number of rotatable bonds is 3. The van der Waals surface area contributed by atoms with Crippen LogP contribution in [-0.2, 0) is 0 Å². The Morgan fingerprint density at radius 1 is 1.21 bits per heavy atom. The van der Waals surface area contributed by atoms with Crippen LogP contribution in [0.15, 0.2) is 44.5 Å². The van der Waals surface area contributed by atoms with E-state index in [0.29, 0.717) is 6.04 Å². The summed E-state index contributed by atoms with van der Waals surface area (Å²) in [6.45, 7) is 4.10. The maximum atomic E-state index is 4.42. The molecule has 24 heavy (non-hydrogen) atoms. The van der Waals surface area contributed by atoms with E-state index in [0.717, 1.165) is 35.2 Å². The predicted molar refractivity (Wildman–Crippen MR) is 113 cm³/mol. The average Bonchev–Trinajstić information content (AvgIpc) is 3.35. The summed E-state index contributed by atoms with van der Waals surface area (Å²) in [7, 11) is 0. The van der Waals surface area contributed by atoms with E-state index in [1.54, 1.807) is 22.7 Å². The number of anilines is 1. The molecule has 8 heteroatoms. The van der Waals surface area contributed by atoms with Gasteiger partial charge in [0.1, 0.15) is 9.24 Å². The van der Waals surface area contributed by atoms with Crippen molar-refractivity contribution in [2.75, 3.05) is 18.1 Å². The van der Waals surface area contributed by atoms with Crippen LogP contribution in [0.25, 0.3) is 0 Å². The molecule has 0 bridgehead atoms. The summed E-state index contributed by atoms with van der Waals surface area (Å²) in [5, 5.41) is 19.2. The van der Waals surface area contributed by atoms with Gasteiger partial charge in [-0.1, -0.05) is 6.07 Å². The van der Waals surface area contributed by atoms with Gasteiger partial charge in [0.2, 0.25) is 0 Å². The Balaban J connectivity index is 0.000000143. The first kappa shape index (κ1) is 18.1. The third kappa shape index (κ3) is 4.47. The first-order valence-electron chi connectivity index (χ1n) is 7.73. The van der Waals surface area contributed by atoms with E-state index in [1.165, 1.54) is 10.6 Å². The molecule has 2 aromatic heterocycles. The number of nitrogens with zero attached hydrogens (tertiary/aromatic N) is 4.